The van der Waals surface area contributed by atoms with Gasteiger partial charge in [0, 0.05) is 31.7 Å². The molecule has 4 rings (SSSR count). The van der Waals surface area contributed by atoms with Crippen molar-refractivity contribution in [1.29, 1.82) is 0 Å². The fraction of sp³-hybridized carbons (Fsp3) is 0.308. The maximum Gasteiger partial charge on any atom is 0.127 e. The molecule has 156 valence electrons. The minimum absolute atomic E-state index is 0.0980. The third kappa shape index (κ3) is 4.72. The largest absolute Gasteiger partial charge is 0.494 e. The van der Waals surface area contributed by atoms with Gasteiger partial charge in [-0.3, -0.25) is 9.80 Å². The van der Waals surface area contributed by atoms with Crippen LogP contribution in [-0.2, 0) is 13.1 Å². The van der Waals surface area contributed by atoms with Gasteiger partial charge in [0.25, 0.3) is 0 Å². The normalized spacial score (nSPS) is 17.4. The fourth-order valence-electron chi connectivity index (χ4n) is 4.28. The molecule has 1 atom stereocenters. The summed E-state index contributed by atoms with van der Waals surface area (Å²) in [6.45, 7) is 8.08. The van der Waals surface area contributed by atoms with Crippen molar-refractivity contribution in [3.8, 4) is 5.75 Å². The summed E-state index contributed by atoms with van der Waals surface area (Å²) in [5.41, 5.74) is 4.52. The van der Waals surface area contributed by atoms with Crippen molar-refractivity contribution in [2.75, 3.05) is 19.7 Å². The van der Waals surface area contributed by atoms with Gasteiger partial charge in [0.1, 0.15) is 11.6 Å². The van der Waals surface area contributed by atoms with E-state index in [1.807, 2.05) is 31.2 Å². The van der Waals surface area contributed by atoms with E-state index in [4.69, 9.17) is 4.74 Å². The highest BCUT2D eigenvalue weighted by Gasteiger charge is 2.33. The maximum atomic E-state index is 14.3. The summed E-state index contributed by atoms with van der Waals surface area (Å²) in [5.74, 6) is 0.741. The highest BCUT2D eigenvalue weighted by molar-refractivity contribution is 5.30. The molecule has 0 spiro atoms. The molecule has 1 saturated heterocycles. The van der Waals surface area contributed by atoms with Crippen molar-refractivity contribution < 1.29 is 9.13 Å². The molecule has 3 aromatic carbocycles. The number of hydrogen-bond acceptors (Lipinski definition) is 3. The van der Waals surface area contributed by atoms with Crippen LogP contribution in [0.3, 0.4) is 0 Å². The first kappa shape index (κ1) is 20.6. The van der Waals surface area contributed by atoms with Gasteiger partial charge in [-0.1, -0.05) is 60.2 Å². The van der Waals surface area contributed by atoms with E-state index >= 15 is 0 Å². The minimum atomic E-state index is -0.139. The number of benzene rings is 3. The monoisotopic (exact) mass is 404 g/mol. The summed E-state index contributed by atoms with van der Waals surface area (Å²) in [6.07, 6.45) is 0.0980. The maximum absolute atomic E-state index is 14.3. The molecule has 0 bridgehead atoms. The Morgan fingerprint density at radius 3 is 2.33 bits per heavy atom. The van der Waals surface area contributed by atoms with Crippen LogP contribution in [0.2, 0.25) is 0 Å². The summed E-state index contributed by atoms with van der Waals surface area (Å²) in [6, 6.07) is 24.1. The molecule has 0 N–H and O–H groups in total. The van der Waals surface area contributed by atoms with Gasteiger partial charge in [-0.2, -0.15) is 0 Å². The third-order valence-corrected chi connectivity index (χ3v) is 5.65. The van der Waals surface area contributed by atoms with E-state index in [9.17, 15) is 4.39 Å². The number of hydrogen-bond donors (Lipinski definition) is 0. The van der Waals surface area contributed by atoms with Gasteiger partial charge >= 0.3 is 0 Å². The molecule has 1 aliphatic heterocycles. The molecule has 1 heterocycles. The zero-order valence-corrected chi connectivity index (χ0v) is 17.7. The van der Waals surface area contributed by atoms with Crippen molar-refractivity contribution in [3.63, 3.8) is 0 Å². The van der Waals surface area contributed by atoms with Crippen LogP contribution in [0.4, 0.5) is 4.39 Å². The zero-order valence-electron chi connectivity index (χ0n) is 17.7. The molecular formula is C26H29FN2O. The Labute approximate surface area is 178 Å². The highest BCUT2D eigenvalue weighted by Crippen LogP contribution is 2.34. The molecule has 3 nitrogen and oxygen atoms in total. The first-order valence-corrected chi connectivity index (χ1v) is 10.6. The second-order valence-corrected chi connectivity index (χ2v) is 7.90. The smallest absolute Gasteiger partial charge is 0.127 e. The third-order valence-electron chi connectivity index (χ3n) is 5.65. The molecule has 0 unspecified atom stereocenters. The standard InChI is InChI=1S/C26H29FN2O/c1-3-30-24-13-11-22(12-14-24)26-28(18-21-8-6-7-20(2)17-21)15-16-29(26)19-23-9-4-5-10-25(23)27/h4-14,17,26H,3,15-16,18-19H2,1-2H3/t26-/m0/s1. The molecular weight excluding hydrogens is 375 g/mol. The molecule has 0 amide bonds. The molecule has 1 aliphatic rings. The lowest BCUT2D eigenvalue weighted by atomic mass is 10.1. The van der Waals surface area contributed by atoms with Crippen LogP contribution >= 0.6 is 0 Å². The molecule has 1 fully saturated rings. The Morgan fingerprint density at radius 2 is 1.63 bits per heavy atom. The number of rotatable bonds is 7. The lowest BCUT2D eigenvalue weighted by Gasteiger charge is -2.31. The second-order valence-electron chi connectivity index (χ2n) is 7.90. The Kier molecular flexibility index (Phi) is 6.46. The first-order chi connectivity index (χ1) is 14.6. The van der Waals surface area contributed by atoms with Gasteiger partial charge in [0.2, 0.25) is 0 Å². The van der Waals surface area contributed by atoms with Crippen LogP contribution in [0.25, 0.3) is 0 Å². The van der Waals surface area contributed by atoms with Crippen molar-refractivity contribution in [2.45, 2.75) is 33.1 Å². The first-order valence-electron chi connectivity index (χ1n) is 10.6. The molecule has 0 aliphatic carbocycles. The lowest BCUT2D eigenvalue weighted by molar-refractivity contribution is 0.124. The number of halogens is 1. The Bertz CT molecular complexity index is 973. The molecule has 0 aromatic heterocycles. The molecule has 4 heteroatoms. The molecule has 0 saturated carbocycles. The van der Waals surface area contributed by atoms with Crippen LogP contribution < -0.4 is 4.74 Å². The zero-order chi connectivity index (χ0) is 20.9. The van der Waals surface area contributed by atoms with Gasteiger partial charge in [-0.15, -0.1) is 0 Å². The second kappa shape index (κ2) is 9.41. The molecule has 0 radical (unpaired) electrons. The van der Waals surface area contributed by atoms with Gasteiger partial charge in [-0.05, 0) is 43.2 Å². The summed E-state index contributed by atoms with van der Waals surface area (Å²) >= 11 is 0. The summed E-state index contributed by atoms with van der Waals surface area (Å²) < 4.78 is 20.0. The predicted octanol–water partition coefficient (Wildman–Crippen LogP) is 5.55. The topological polar surface area (TPSA) is 15.7 Å². The molecule has 30 heavy (non-hydrogen) atoms. The van der Waals surface area contributed by atoms with E-state index in [-0.39, 0.29) is 12.0 Å². The quantitative estimate of drug-likeness (QED) is 0.513. The summed E-state index contributed by atoms with van der Waals surface area (Å²) in [7, 11) is 0. The Morgan fingerprint density at radius 1 is 0.900 bits per heavy atom. The van der Waals surface area contributed by atoms with Gasteiger partial charge in [0.15, 0.2) is 0 Å². The van der Waals surface area contributed by atoms with Crippen LogP contribution in [0.5, 0.6) is 5.75 Å². The van der Waals surface area contributed by atoms with E-state index in [2.05, 4.69) is 53.1 Å². The number of nitrogens with zero attached hydrogens (tertiary/aromatic N) is 2. The van der Waals surface area contributed by atoms with E-state index in [0.29, 0.717) is 13.2 Å². The average Bonchev–Trinajstić information content (AvgIpc) is 3.12. The van der Waals surface area contributed by atoms with E-state index < -0.39 is 0 Å². The van der Waals surface area contributed by atoms with Gasteiger partial charge in [-0.25, -0.2) is 4.39 Å². The number of aryl methyl sites for hydroxylation is 1. The van der Waals surface area contributed by atoms with Crippen LogP contribution in [0.15, 0.2) is 72.8 Å². The average molecular weight is 405 g/mol. The van der Waals surface area contributed by atoms with Crippen LogP contribution in [0, 0.1) is 12.7 Å². The van der Waals surface area contributed by atoms with E-state index in [0.717, 1.165) is 30.9 Å². The van der Waals surface area contributed by atoms with Gasteiger partial charge in [0.05, 0.1) is 12.8 Å². The SMILES string of the molecule is CCOc1ccc([C@H]2N(Cc3cccc(C)c3)CCN2Cc2ccccc2F)cc1. The van der Waals surface area contributed by atoms with Crippen molar-refractivity contribution in [1.82, 2.24) is 9.80 Å². The highest BCUT2D eigenvalue weighted by atomic mass is 19.1. The van der Waals surface area contributed by atoms with E-state index in [1.165, 1.54) is 16.7 Å². The predicted molar refractivity (Wildman–Crippen MR) is 119 cm³/mol. The van der Waals surface area contributed by atoms with Crippen molar-refractivity contribution in [3.05, 3.63) is 101 Å². The van der Waals surface area contributed by atoms with Crippen LogP contribution in [0.1, 0.15) is 35.3 Å². The number of ether oxygens (including phenoxy) is 1. The van der Waals surface area contributed by atoms with E-state index in [1.54, 1.807) is 12.1 Å². The van der Waals surface area contributed by atoms with Gasteiger partial charge < -0.3 is 4.74 Å². The Balaban J connectivity index is 1.61. The lowest BCUT2D eigenvalue weighted by Crippen LogP contribution is -2.30. The fourth-order valence-corrected chi connectivity index (χ4v) is 4.28. The Hall–Kier alpha value is -2.69. The minimum Gasteiger partial charge on any atom is -0.494 e. The summed E-state index contributed by atoms with van der Waals surface area (Å²) in [4.78, 5) is 4.84. The van der Waals surface area contributed by atoms with Crippen molar-refractivity contribution >= 4 is 0 Å². The molecule has 3 aromatic rings. The summed E-state index contributed by atoms with van der Waals surface area (Å²) in [5, 5.41) is 0. The van der Waals surface area contributed by atoms with Crippen LogP contribution in [-0.4, -0.2) is 29.5 Å². The van der Waals surface area contributed by atoms with Crippen molar-refractivity contribution in [2.24, 2.45) is 0 Å².